The van der Waals surface area contributed by atoms with Crippen LogP contribution in [0.5, 0.6) is 0 Å². The van der Waals surface area contributed by atoms with E-state index in [1.165, 1.54) is 0 Å². The third kappa shape index (κ3) is 2.96. The van der Waals surface area contributed by atoms with Crippen LogP contribution in [0.4, 0.5) is 0 Å². The highest BCUT2D eigenvalue weighted by Crippen LogP contribution is 2.45. The molecular formula is C13H18O3S2. The summed E-state index contributed by atoms with van der Waals surface area (Å²) in [5, 5.41) is 10.6. The van der Waals surface area contributed by atoms with Crippen molar-refractivity contribution >= 4 is 22.8 Å². The Morgan fingerprint density at radius 3 is 2.83 bits per heavy atom. The molecule has 2 rings (SSSR count). The second-order valence-corrected chi connectivity index (χ2v) is 6.99. The quantitative estimate of drug-likeness (QED) is 0.924. The van der Waals surface area contributed by atoms with Gasteiger partial charge in [-0.3, -0.25) is 4.18 Å². The van der Waals surface area contributed by atoms with Crippen molar-refractivity contribution in [3.8, 4) is 0 Å². The third-order valence-corrected chi connectivity index (χ3v) is 5.49. The monoisotopic (exact) mass is 286 g/mol. The van der Waals surface area contributed by atoms with Crippen molar-refractivity contribution < 1.29 is 13.5 Å². The first-order valence-electron chi connectivity index (χ1n) is 6.13. The van der Waals surface area contributed by atoms with Crippen LogP contribution < -0.4 is 0 Å². The van der Waals surface area contributed by atoms with Gasteiger partial charge in [-0.2, -0.15) is 0 Å². The van der Waals surface area contributed by atoms with Crippen LogP contribution >= 0.6 is 11.8 Å². The van der Waals surface area contributed by atoms with Crippen molar-refractivity contribution in [2.24, 2.45) is 0 Å². The molecule has 0 radical (unpaired) electrons. The van der Waals surface area contributed by atoms with E-state index in [-0.39, 0.29) is 0 Å². The molecule has 1 aromatic carbocycles. The van der Waals surface area contributed by atoms with E-state index in [1.807, 2.05) is 37.3 Å². The highest BCUT2D eigenvalue weighted by molar-refractivity contribution is 8.00. The molecule has 1 unspecified atom stereocenters. The van der Waals surface area contributed by atoms with Crippen LogP contribution in [0.1, 0.15) is 31.4 Å². The SMILES string of the molecule is CCS[C@@]1(C(O)c2ccccc2)CCC[S@@](=O)O1. The second kappa shape index (κ2) is 6.19. The molecular weight excluding hydrogens is 268 g/mol. The fraction of sp³-hybridized carbons (Fsp3) is 0.538. The summed E-state index contributed by atoms with van der Waals surface area (Å²) in [6, 6.07) is 9.45. The summed E-state index contributed by atoms with van der Waals surface area (Å²) in [6.45, 7) is 2.02. The van der Waals surface area contributed by atoms with Gasteiger partial charge in [0.25, 0.3) is 0 Å². The predicted molar refractivity (Wildman–Crippen MR) is 75.6 cm³/mol. The molecule has 0 aliphatic carbocycles. The molecule has 0 amide bonds. The average Bonchev–Trinajstić information content (AvgIpc) is 2.39. The number of hydrogen-bond acceptors (Lipinski definition) is 4. The van der Waals surface area contributed by atoms with Crippen LogP contribution in [-0.2, 0) is 15.3 Å². The Morgan fingerprint density at radius 1 is 1.50 bits per heavy atom. The van der Waals surface area contributed by atoms with Gasteiger partial charge in [0.15, 0.2) is 16.0 Å². The molecule has 0 saturated carbocycles. The molecule has 1 N–H and O–H groups in total. The maximum absolute atomic E-state index is 11.7. The number of aliphatic hydroxyl groups is 1. The fourth-order valence-electron chi connectivity index (χ4n) is 2.17. The molecule has 1 aliphatic rings. The topological polar surface area (TPSA) is 46.5 Å². The smallest absolute Gasteiger partial charge is 0.160 e. The van der Waals surface area contributed by atoms with Crippen molar-refractivity contribution in [2.45, 2.75) is 30.8 Å². The number of thioether (sulfide) groups is 1. The summed E-state index contributed by atoms with van der Waals surface area (Å²) in [4.78, 5) is -0.765. The minimum atomic E-state index is -1.29. The Labute approximate surface area is 115 Å². The molecule has 18 heavy (non-hydrogen) atoms. The Balaban J connectivity index is 2.26. The summed E-state index contributed by atoms with van der Waals surface area (Å²) in [5.74, 6) is 1.38. The van der Waals surface area contributed by atoms with Crippen molar-refractivity contribution in [1.82, 2.24) is 0 Å². The number of hydrogen-bond donors (Lipinski definition) is 1. The molecule has 1 saturated heterocycles. The first-order valence-corrected chi connectivity index (χ1v) is 8.36. The minimum absolute atomic E-state index is 0.563. The molecule has 1 aromatic rings. The standard InChI is InChI=1S/C13H18O3S2/c1-2-17-13(9-6-10-18(15)16-13)12(14)11-7-4-3-5-8-11/h3-5,7-8,12,14H,2,6,9-10H2,1H3/t12?,13-,18+/m1/s1. The zero-order valence-electron chi connectivity index (χ0n) is 10.4. The van der Waals surface area contributed by atoms with Crippen molar-refractivity contribution in [2.75, 3.05) is 11.5 Å². The van der Waals surface area contributed by atoms with E-state index in [2.05, 4.69) is 0 Å². The zero-order valence-corrected chi connectivity index (χ0v) is 12.0. The normalized spacial score (nSPS) is 30.0. The van der Waals surface area contributed by atoms with Crippen LogP contribution in [0.2, 0.25) is 0 Å². The van der Waals surface area contributed by atoms with E-state index >= 15 is 0 Å². The van der Waals surface area contributed by atoms with Gasteiger partial charge in [-0.05, 0) is 24.2 Å². The van der Waals surface area contributed by atoms with Crippen LogP contribution in [0.15, 0.2) is 30.3 Å². The Hall–Kier alpha value is -0.360. The highest BCUT2D eigenvalue weighted by Gasteiger charge is 2.44. The minimum Gasteiger partial charge on any atom is -0.384 e. The van der Waals surface area contributed by atoms with E-state index in [0.29, 0.717) is 5.75 Å². The predicted octanol–water partition coefficient (Wildman–Crippen LogP) is 2.64. The maximum atomic E-state index is 11.7. The molecule has 0 bridgehead atoms. The number of benzene rings is 1. The lowest BCUT2D eigenvalue weighted by atomic mass is 10.0. The zero-order chi connectivity index (χ0) is 13.0. The van der Waals surface area contributed by atoms with Crippen LogP contribution in [0, 0.1) is 0 Å². The van der Waals surface area contributed by atoms with Gasteiger partial charge in [-0.15, -0.1) is 11.8 Å². The van der Waals surface area contributed by atoms with Gasteiger partial charge in [0.2, 0.25) is 0 Å². The van der Waals surface area contributed by atoms with Gasteiger partial charge < -0.3 is 5.11 Å². The number of aliphatic hydroxyl groups excluding tert-OH is 1. The van der Waals surface area contributed by atoms with Crippen LogP contribution in [-0.4, -0.2) is 25.8 Å². The lowest BCUT2D eigenvalue weighted by Gasteiger charge is -2.39. The second-order valence-electron chi connectivity index (χ2n) is 4.25. The van der Waals surface area contributed by atoms with Gasteiger partial charge in [-0.1, -0.05) is 37.3 Å². The summed E-state index contributed by atoms with van der Waals surface area (Å²) in [5.41, 5.74) is 0.817. The van der Waals surface area contributed by atoms with E-state index < -0.39 is 22.1 Å². The molecule has 5 heteroatoms. The van der Waals surface area contributed by atoms with Crippen molar-refractivity contribution in [1.29, 1.82) is 0 Å². The van der Waals surface area contributed by atoms with Gasteiger partial charge in [0.1, 0.15) is 6.10 Å². The molecule has 100 valence electrons. The van der Waals surface area contributed by atoms with E-state index in [1.54, 1.807) is 11.8 Å². The lowest BCUT2D eigenvalue weighted by molar-refractivity contribution is 0.00713. The molecule has 1 fully saturated rings. The maximum Gasteiger partial charge on any atom is 0.160 e. The van der Waals surface area contributed by atoms with Crippen molar-refractivity contribution in [3.05, 3.63) is 35.9 Å². The van der Waals surface area contributed by atoms with E-state index in [0.717, 1.165) is 24.2 Å². The van der Waals surface area contributed by atoms with Gasteiger partial charge in [0, 0.05) is 5.75 Å². The summed E-state index contributed by atoms with van der Waals surface area (Å²) in [7, 11) is 0. The summed E-state index contributed by atoms with van der Waals surface area (Å²) >= 11 is 0.255. The van der Waals surface area contributed by atoms with Gasteiger partial charge >= 0.3 is 0 Å². The summed E-state index contributed by atoms with van der Waals surface area (Å²) in [6.07, 6.45) is 0.810. The van der Waals surface area contributed by atoms with Gasteiger partial charge in [-0.25, -0.2) is 4.21 Å². The van der Waals surface area contributed by atoms with E-state index in [4.69, 9.17) is 4.18 Å². The van der Waals surface area contributed by atoms with Gasteiger partial charge in [0.05, 0.1) is 0 Å². The first-order chi connectivity index (χ1) is 8.68. The summed E-state index contributed by atoms with van der Waals surface area (Å²) < 4.78 is 17.3. The highest BCUT2D eigenvalue weighted by atomic mass is 32.2. The Morgan fingerprint density at radius 2 is 2.22 bits per heavy atom. The Kier molecular flexibility index (Phi) is 4.84. The molecule has 0 spiro atoms. The molecule has 3 nitrogen and oxygen atoms in total. The van der Waals surface area contributed by atoms with Crippen LogP contribution in [0.3, 0.4) is 0 Å². The number of rotatable bonds is 4. The molecule has 1 aliphatic heterocycles. The largest absolute Gasteiger partial charge is 0.384 e. The van der Waals surface area contributed by atoms with Crippen molar-refractivity contribution in [3.63, 3.8) is 0 Å². The molecule has 3 atom stereocenters. The van der Waals surface area contributed by atoms with Crippen LogP contribution in [0.25, 0.3) is 0 Å². The lowest BCUT2D eigenvalue weighted by Crippen LogP contribution is -2.41. The molecule has 1 heterocycles. The average molecular weight is 286 g/mol. The molecule has 0 aromatic heterocycles. The Bertz CT molecular complexity index is 406. The third-order valence-electron chi connectivity index (χ3n) is 2.99. The van der Waals surface area contributed by atoms with E-state index in [9.17, 15) is 9.32 Å². The fourth-order valence-corrected chi connectivity index (χ4v) is 4.61. The first kappa shape index (κ1) is 14.1.